The quantitative estimate of drug-likeness (QED) is 0.877. The molecule has 0 atom stereocenters. The number of hydrogen-bond donors (Lipinski definition) is 1. The number of ether oxygens (including phenoxy) is 2. The number of hydrogen-bond acceptors (Lipinski definition) is 5. The fourth-order valence-electron chi connectivity index (χ4n) is 2.06. The smallest absolute Gasteiger partial charge is 0.350 e. The highest BCUT2D eigenvalue weighted by Crippen LogP contribution is 2.40. The molecular formula is C15H17NO3S. The average Bonchev–Trinajstić information content (AvgIpc) is 2.83. The molecule has 0 bridgehead atoms. The summed E-state index contributed by atoms with van der Waals surface area (Å²) in [6, 6.07) is 7.64. The first kappa shape index (κ1) is 14.4. The lowest BCUT2D eigenvalue weighted by Gasteiger charge is -2.06. The van der Waals surface area contributed by atoms with Crippen LogP contribution in [0.3, 0.4) is 0 Å². The summed E-state index contributed by atoms with van der Waals surface area (Å²) >= 11 is 1.39. The summed E-state index contributed by atoms with van der Waals surface area (Å²) in [6.07, 6.45) is 0.813. The van der Waals surface area contributed by atoms with Crippen LogP contribution in [-0.2, 0) is 11.2 Å². The van der Waals surface area contributed by atoms with E-state index in [0.717, 1.165) is 28.2 Å². The largest absolute Gasteiger partial charge is 0.497 e. The molecule has 0 spiro atoms. The summed E-state index contributed by atoms with van der Waals surface area (Å²) in [5.74, 6) is 0.399. The van der Waals surface area contributed by atoms with Gasteiger partial charge in [0.2, 0.25) is 0 Å². The van der Waals surface area contributed by atoms with E-state index in [9.17, 15) is 4.79 Å². The highest BCUT2D eigenvalue weighted by Gasteiger charge is 2.21. The maximum Gasteiger partial charge on any atom is 0.350 e. The van der Waals surface area contributed by atoms with Crippen LogP contribution < -0.4 is 10.5 Å². The number of methoxy groups -OCH3 is 2. The van der Waals surface area contributed by atoms with Crippen molar-refractivity contribution in [1.29, 1.82) is 0 Å². The van der Waals surface area contributed by atoms with Gasteiger partial charge in [-0.2, -0.15) is 0 Å². The summed E-state index contributed by atoms with van der Waals surface area (Å²) in [7, 11) is 2.99. The standard InChI is InChI=1S/C15H17NO3S/c1-4-11-12(9-5-7-10(18-2)8-6-9)13(16)14(20-11)15(17)19-3/h5-8H,4,16H2,1-3H3. The van der Waals surface area contributed by atoms with E-state index in [1.54, 1.807) is 7.11 Å². The van der Waals surface area contributed by atoms with Gasteiger partial charge < -0.3 is 15.2 Å². The monoisotopic (exact) mass is 291 g/mol. The fourth-order valence-corrected chi connectivity index (χ4v) is 3.16. The third-order valence-corrected chi connectivity index (χ3v) is 4.42. The molecule has 0 aliphatic rings. The van der Waals surface area contributed by atoms with E-state index in [1.807, 2.05) is 31.2 Å². The molecule has 0 amide bonds. The Morgan fingerprint density at radius 2 is 1.90 bits per heavy atom. The summed E-state index contributed by atoms with van der Waals surface area (Å²) in [5.41, 5.74) is 8.52. The Morgan fingerprint density at radius 1 is 1.25 bits per heavy atom. The minimum Gasteiger partial charge on any atom is -0.497 e. The minimum atomic E-state index is -0.387. The van der Waals surface area contributed by atoms with E-state index in [-0.39, 0.29) is 5.97 Å². The van der Waals surface area contributed by atoms with Gasteiger partial charge in [0.15, 0.2) is 0 Å². The first-order chi connectivity index (χ1) is 9.62. The van der Waals surface area contributed by atoms with Crippen molar-refractivity contribution in [3.8, 4) is 16.9 Å². The van der Waals surface area contributed by atoms with Crippen LogP contribution in [0.1, 0.15) is 21.5 Å². The van der Waals surface area contributed by atoms with Crippen LogP contribution in [0.2, 0.25) is 0 Å². The number of aryl methyl sites for hydroxylation is 1. The Labute approximate surface area is 122 Å². The summed E-state index contributed by atoms with van der Waals surface area (Å²) in [4.78, 5) is 13.3. The lowest BCUT2D eigenvalue weighted by molar-refractivity contribution is 0.0607. The molecule has 106 valence electrons. The average molecular weight is 291 g/mol. The van der Waals surface area contributed by atoms with Gasteiger partial charge in [-0.3, -0.25) is 0 Å². The van der Waals surface area contributed by atoms with Gasteiger partial charge in [0.05, 0.1) is 19.9 Å². The summed E-state index contributed by atoms with van der Waals surface area (Å²) < 4.78 is 9.92. The molecule has 2 aromatic rings. The molecule has 0 radical (unpaired) electrons. The topological polar surface area (TPSA) is 61.5 Å². The predicted octanol–water partition coefficient (Wildman–Crippen LogP) is 3.35. The van der Waals surface area contributed by atoms with Crippen LogP contribution >= 0.6 is 11.3 Å². The molecule has 0 unspecified atom stereocenters. The van der Waals surface area contributed by atoms with Crippen molar-refractivity contribution in [3.63, 3.8) is 0 Å². The zero-order chi connectivity index (χ0) is 14.7. The van der Waals surface area contributed by atoms with Crippen molar-refractivity contribution < 1.29 is 14.3 Å². The van der Waals surface area contributed by atoms with Crippen molar-refractivity contribution in [1.82, 2.24) is 0 Å². The summed E-state index contributed by atoms with van der Waals surface area (Å²) in [6.45, 7) is 2.04. The lowest BCUT2D eigenvalue weighted by Crippen LogP contribution is -2.02. The van der Waals surface area contributed by atoms with Crippen molar-refractivity contribution in [2.45, 2.75) is 13.3 Å². The number of benzene rings is 1. The molecule has 1 aromatic carbocycles. The van der Waals surface area contributed by atoms with Gasteiger partial charge in [0.1, 0.15) is 10.6 Å². The van der Waals surface area contributed by atoms with E-state index in [2.05, 4.69) is 0 Å². The molecule has 0 aliphatic heterocycles. The van der Waals surface area contributed by atoms with Crippen molar-refractivity contribution in [3.05, 3.63) is 34.0 Å². The molecule has 2 N–H and O–H groups in total. The Morgan fingerprint density at radius 3 is 2.40 bits per heavy atom. The van der Waals surface area contributed by atoms with Crippen molar-refractivity contribution in [2.75, 3.05) is 20.0 Å². The van der Waals surface area contributed by atoms with E-state index in [1.165, 1.54) is 18.4 Å². The van der Waals surface area contributed by atoms with Crippen LogP contribution in [0.15, 0.2) is 24.3 Å². The van der Waals surface area contributed by atoms with Crippen LogP contribution in [0.5, 0.6) is 5.75 Å². The number of carbonyl (C=O) groups is 1. The first-order valence-electron chi connectivity index (χ1n) is 6.26. The maximum absolute atomic E-state index is 11.7. The second-order valence-electron chi connectivity index (χ2n) is 4.22. The Hall–Kier alpha value is -2.01. The Kier molecular flexibility index (Phi) is 4.29. The van der Waals surface area contributed by atoms with E-state index in [4.69, 9.17) is 15.2 Å². The van der Waals surface area contributed by atoms with Gasteiger partial charge in [-0.1, -0.05) is 19.1 Å². The molecule has 1 aromatic heterocycles. The van der Waals surface area contributed by atoms with Gasteiger partial charge in [-0.15, -0.1) is 11.3 Å². The molecule has 0 fully saturated rings. The highest BCUT2D eigenvalue weighted by molar-refractivity contribution is 7.15. The fraction of sp³-hybridized carbons (Fsp3) is 0.267. The van der Waals surface area contributed by atoms with Gasteiger partial charge in [0, 0.05) is 10.4 Å². The molecular weight excluding hydrogens is 274 g/mol. The number of rotatable bonds is 4. The van der Waals surface area contributed by atoms with Crippen LogP contribution in [0.4, 0.5) is 5.69 Å². The normalized spacial score (nSPS) is 10.3. The van der Waals surface area contributed by atoms with Crippen LogP contribution in [0, 0.1) is 0 Å². The van der Waals surface area contributed by atoms with Gasteiger partial charge in [0.25, 0.3) is 0 Å². The lowest BCUT2D eigenvalue weighted by atomic mass is 10.0. The van der Waals surface area contributed by atoms with Crippen LogP contribution in [-0.4, -0.2) is 20.2 Å². The zero-order valence-corrected chi connectivity index (χ0v) is 12.5. The highest BCUT2D eigenvalue weighted by atomic mass is 32.1. The Bertz CT molecular complexity index is 617. The number of nitrogen functional groups attached to an aromatic ring is 1. The van der Waals surface area contributed by atoms with E-state index in [0.29, 0.717) is 10.6 Å². The van der Waals surface area contributed by atoms with Crippen molar-refractivity contribution in [2.24, 2.45) is 0 Å². The molecule has 0 saturated heterocycles. The molecule has 1 heterocycles. The molecule has 5 heteroatoms. The van der Waals surface area contributed by atoms with E-state index >= 15 is 0 Å². The molecule has 0 saturated carbocycles. The summed E-state index contributed by atoms with van der Waals surface area (Å²) in [5, 5.41) is 0. The SMILES string of the molecule is CCc1sc(C(=O)OC)c(N)c1-c1ccc(OC)cc1. The van der Waals surface area contributed by atoms with Gasteiger partial charge in [-0.25, -0.2) is 4.79 Å². The molecule has 0 aliphatic carbocycles. The maximum atomic E-state index is 11.7. The molecule has 4 nitrogen and oxygen atoms in total. The number of carbonyl (C=O) groups excluding carboxylic acids is 1. The van der Waals surface area contributed by atoms with Gasteiger partial charge >= 0.3 is 5.97 Å². The van der Waals surface area contributed by atoms with Crippen molar-refractivity contribution >= 4 is 23.0 Å². The Balaban J connectivity index is 2.54. The molecule has 2 rings (SSSR count). The number of nitrogens with two attached hydrogens (primary N) is 1. The number of esters is 1. The predicted molar refractivity (Wildman–Crippen MR) is 81.4 cm³/mol. The minimum absolute atomic E-state index is 0.387. The second-order valence-corrected chi connectivity index (χ2v) is 5.32. The van der Waals surface area contributed by atoms with E-state index < -0.39 is 0 Å². The number of anilines is 1. The zero-order valence-electron chi connectivity index (χ0n) is 11.7. The third-order valence-electron chi connectivity index (χ3n) is 3.09. The number of thiophene rings is 1. The second kappa shape index (κ2) is 5.96. The first-order valence-corrected chi connectivity index (χ1v) is 7.07. The molecule has 20 heavy (non-hydrogen) atoms. The third kappa shape index (κ3) is 2.49. The van der Waals surface area contributed by atoms with Gasteiger partial charge in [-0.05, 0) is 24.1 Å². The van der Waals surface area contributed by atoms with Crippen LogP contribution in [0.25, 0.3) is 11.1 Å².